The molecule has 2 aromatic heterocycles. The third-order valence-corrected chi connectivity index (χ3v) is 6.00. The van der Waals surface area contributed by atoms with E-state index < -0.39 is 6.23 Å². The van der Waals surface area contributed by atoms with E-state index >= 15 is 0 Å². The standard InChI is InChI=1S/C23H25N5O2S/c1-3-4-5-8-15-31-23-25-21-20(26-27-23)18-9-6-7-10-19(18)28(16(2)29)22(30-21)17-11-13-24-14-12-17/h6-7,9-14,22H,3-5,8,15H2,1-2H3/t22-/m0/s1. The maximum atomic E-state index is 12.7. The van der Waals surface area contributed by atoms with E-state index in [1.165, 1.54) is 26.2 Å². The molecule has 0 bridgehead atoms. The molecule has 0 saturated carbocycles. The Morgan fingerprint density at radius 1 is 1.10 bits per heavy atom. The first-order chi connectivity index (χ1) is 15.2. The van der Waals surface area contributed by atoms with Gasteiger partial charge in [-0.05, 0) is 24.6 Å². The number of hydrogen-bond acceptors (Lipinski definition) is 7. The van der Waals surface area contributed by atoms with Gasteiger partial charge in [0.05, 0.1) is 5.69 Å². The Kier molecular flexibility index (Phi) is 6.76. The van der Waals surface area contributed by atoms with E-state index in [9.17, 15) is 4.79 Å². The smallest absolute Gasteiger partial charge is 0.247 e. The predicted molar refractivity (Wildman–Crippen MR) is 121 cm³/mol. The largest absolute Gasteiger partial charge is 0.447 e. The van der Waals surface area contributed by atoms with Crippen LogP contribution in [0.25, 0.3) is 11.3 Å². The Hall–Kier alpha value is -3.00. The van der Waals surface area contributed by atoms with Crippen LogP contribution in [0.2, 0.25) is 0 Å². The molecule has 7 nitrogen and oxygen atoms in total. The number of anilines is 1. The van der Waals surface area contributed by atoms with Gasteiger partial charge in [0.25, 0.3) is 0 Å². The normalized spacial score (nSPS) is 14.9. The molecule has 3 aromatic rings. The van der Waals surface area contributed by atoms with Crippen molar-refractivity contribution in [3.8, 4) is 17.1 Å². The minimum atomic E-state index is -0.679. The highest BCUT2D eigenvalue weighted by molar-refractivity contribution is 7.99. The molecule has 0 saturated heterocycles. The molecule has 4 rings (SSSR count). The number of benzene rings is 1. The van der Waals surface area contributed by atoms with Crippen molar-refractivity contribution >= 4 is 23.4 Å². The van der Waals surface area contributed by atoms with Crippen molar-refractivity contribution in [2.24, 2.45) is 0 Å². The molecule has 0 fully saturated rings. The number of pyridine rings is 1. The summed E-state index contributed by atoms with van der Waals surface area (Å²) in [5.74, 6) is 1.18. The van der Waals surface area contributed by atoms with Crippen LogP contribution in [-0.2, 0) is 4.79 Å². The molecule has 1 aliphatic rings. The quantitative estimate of drug-likeness (QED) is 0.379. The number of ether oxygens (including phenoxy) is 1. The highest BCUT2D eigenvalue weighted by Crippen LogP contribution is 2.43. The number of carbonyl (C=O) groups is 1. The van der Waals surface area contributed by atoms with Crippen molar-refractivity contribution in [2.75, 3.05) is 10.7 Å². The molecule has 3 heterocycles. The molecule has 0 aliphatic carbocycles. The zero-order valence-electron chi connectivity index (χ0n) is 17.7. The molecular weight excluding hydrogens is 410 g/mol. The first-order valence-corrected chi connectivity index (χ1v) is 11.5. The van der Waals surface area contributed by atoms with Crippen LogP contribution in [0.5, 0.6) is 5.88 Å². The minimum Gasteiger partial charge on any atom is -0.447 e. The number of thioether (sulfide) groups is 1. The molecule has 0 spiro atoms. The molecule has 160 valence electrons. The molecule has 0 radical (unpaired) electrons. The lowest BCUT2D eigenvalue weighted by Gasteiger charge is -2.29. The first kappa shape index (κ1) is 21.2. The summed E-state index contributed by atoms with van der Waals surface area (Å²) in [6, 6.07) is 11.3. The second-order valence-electron chi connectivity index (χ2n) is 7.31. The van der Waals surface area contributed by atoms with Crippen LogP contribution < -0.4 is 9.64 Å². The number of fused-ring (bicyclic) bond motifs is 3. The lowest BCUT2D eigenvalue weighted by molar-refractivity contribution is -0.118. The fourth-order valence-electron chi connectivity index (χ4n) is 3.55. The third-order valence-electron chi connectivity index (χ3n) is 5.07. The topological polar surface area (TPSA) is 81.1 Å². The number of nitrogens with zero attached hydrogens (tertiary/aromatic N) is 5. The van der Waals surface area contributed by atoms with E-state index in [4.69, 9.17) is 4.74 Å². The molecular formula is C23H25N5O2S. The maximum absolute atomic E-state index is 12.7. The summed E-state index contributed by atoms with van der Waals surface area (Å²) in [6.45, 7) is 3.73. The highest BCUT2D eigenvalue weighted by Gasteiger charge is 2.34. The maximum Gasteiger partial charge on any atom is 0.247 e. The molecule has 1 aromatic carbocycles. The number of carbonyl (C=O) groups excluding carboxylic acids is 1. The van der Waals surface area contributed by atoms with E-state index in [0.717, 1.165) is 23.3 Å². The summed E-state index contributed by atoms with van der Waals surface area (Å²) >= 11 is 1.58. The monoisotopic (exact) mass is 435 g/mol. The van der Waals surface area contributed by atoms with Gasteiger partial charge in [-0.1, -0.05) is 56.1 Å². The van der Waals surface area contributed by atoms with Gasteiger partial charge in [-0.15, -0.1) is 10.2 Å². The van der Waals surface area contributed by atoms with Gasteiger partial charge in [-0.25, -0.2) is 0 Å². The van der Waals surface area contributed by atoms with E-state index in [-0.39, 0.29) is 5.91 Å². The number of amides is 1. The third kappa shape index (κ3) is 4.69. The highest BCUT2D eigenvalue weighted by atomic mass is 32.2. The predicted octanol–water partition coefficient (Wildman–Crippen LogP) is 5.05. The van der Waals surface area contributed by atoms with Gasteiger partial charge in [0, 0.05) is 36.2 Å². The minimum absolute atomic E-state index is 0.138. The van der Waals surface area contributed by atoms with Crippen molar-refractivity contribution in [2.45, 2.75) is 50.9 Å². The number of rotatable bonds is 7. The van der Waals surface area contributed by atoms with Crippen molar-refractivity contribution in [1.82, 2.24) is 20.2 Å². The van der Waals surface area contributed by atoms with Gasteiger partial charge < -0.3 is 4.74 Å². The van der Waals surface area contributed by atoms with Crippen LogP contribution in [0.1, 0.15) is 51.3 Å². The van der Waals surface area contributed by atoms with Gasteiger partial charge in [0.2, 0.25) is 23.2 Å². The van der Waals surface area contributed by atoms with Crippen molar-refractivity contribution in [3.05, 3.63) is 54.4 Å². The zero-order valence-corrected chi connectivity index (χ0v) is 18.5. The second kappa shape index (κ2) is 9.87. The second-order valence-corrected chi connectivity index (χ2v) is 8.38. The van der Waals surface area contributed by atoms with Gasteiger partial charge >= 0.3 is 0 Å². The van der Waals surface area contributed by atoms with E-state index in [1.54, 1.807) is 29.1 Å². The summed E-state index contributed by atoms with van der Waals surface area (Å²) in [5, 5.41) is 9.36. The molecule has 31 heavy (non-hydrogen) atoms. The molecule has 8 heteroatoms. The Morgan fingerprint density at radius 3 is 2.68 bits per heavy atom. The van der Waals surface area contributed by atoms with Crippen molar-refractivity contribution in [3.63, 3.8) is 0 Å². The van der Waals surface area contributed by atoms with Crippen LogP contribution in [0, 0.1) is 0 Å². The summed E-state index contributed by atoms with van der Waals surface area (Å²) in [7, 11) is 0. The van der Waals surface area contributed by atoms with Crippen molar-refractivity contribution < 1.29 is 9.53 Å². The fourth-order valence-corrected chi connectivity index (χ4v) is 4.33. The Balaban J connectivity index is 1.73. The van der Waals surface area contributed by atoms with Crippen LogP contribution in [0.15, 0.2) is 53.9 Å². The summed E-state index contributed by atoms with van der Waals surface area (Å²) in [4.78, 5) is 23.1. The van der Waals surface area contributed by atoms with Crippen LogP contribution in [0.3, 0.4) is 0 Å². The lowest BCUT2D eigenvalue weighted by atomic mass is 10.1. The molecule has 0 N–H and O–H groups in total. The average molecular weight is 436 g/mol. The fraction of sp³-hybridized carbons (Fsp3) is 0.348. The number of aromatic nitrogens is 4. The average Bonchev–Trinajstić information content (AvgIpc) is 2.94. The molecule has 0 unspecified atom stereocenters. The zero-order chi connectivity index (χ0) is 21.6. The Morgan fingerprint density at radius 2 is 1.90 bits per heavy atom. The van der Waals surface area contributed by atoms with Crippen molar-refractivity contribution in [1.29, 1.82) is 0 Å². The van der Waals surface area contributed by atoms with Crippen LogP contribution >= 0.6 is 11.8 Å². The summed E-state index contributed by atoms with van der Waals surface area (Å²) in [5.41, 5.74) is 2.82. The molecule has 1 atom stereocenters. The van der Waals surface area contributed by atoms with E-state index in [0.29, 0.717) is 22.4 Å². The molecule has 1 amide bonds. The molecule has 1 aliphatic heterocycles. The number of para-hydroxylation sites is 1. The SMILES string of the molecule is CCCCCCSc1nnc2c(n1)O[C@@H](c1ccncc1)N(C(C)=O)c1ccccc1-2. The summed E-state index contributed by atoms with van der Waals surface area (Å²) < 4.78 is 6.34. The van der Waals surface area contributed by atoms with Crippen LogP contribution in [0.4, 0.5) is 5.69 Å². The van der Waals surface area contributed by atoms with Gasteiger partial charge in [-0.3, -0.25) is 14.7 Å². The van der Waals surface area contributed by atoms with Gasteiger partial charge in [0.1, 0.15) is 0 Å². The lowest BCUT2D eigenvalue weighted by Crippen LogP contribution is -2.36. The first-order valence-electron chi connectivity index (χ1n) is 10.5. The van der Waals surface area contributed by atoms with Gasteiger partial charge in [-0.2, -0.15) is 4.98 Å². The summed E-state index contributed by atoms with van der Waals surface area (Å²) in [6.07, 6.45) is 7.44. The number of hydrogen-bond donors (Lipinski definition) is 0. The Labute approximate surface area is 186 Å². The van der Waals surface area contributed by atoms with E-state index in [1.807, 2.05) is 36.4 Å². The van der Waals surface area contributed by atoms with E-state index in [2.05, 4.69) is 27.1 Å². The van der Waals surface area contributed by atoms with Crippen LogP contribution in [-0.4, -0.2) is 31.8 Å². The Bertz CT molecular complexity index is 1050. The number of unbranched alkanes of at least 4 members (excludes halogenated alkanes) is 3. The van der Waals surface area contributed by atoms with Gasteiger partial charge in [0.15, 0.2) is 5.69 Å².